The number of ether oxygens (including phenoxy) is 1. The van der Waals surface area contributed by atoms with E-state index in [0.29, 0.717) is 12.5 Å². The van der Waals surface area contributed by atoms with Crippen LogP contribution < -0.4 is 10.1 Å². The minimum atomic E-state index is 0.147. The first-order chi connectivity index (χ1) is 12.0. The van der Waals surface area contributed by atoms with Gasteiger partial charge in [0.25, 0.3) is 0 Å². The molecule has 0 aliphatic carbocycles. The minimum Gasteiger partial charge on any atom is -0.493 e. The van der Waals surface area contributed by atoms with Gasteiger partial charge in [-0.25, -0.2) is 0 Å². The molecule has 0 spiro atoms. The summed E-state index contributed by atoms with van der Waals surface area (Å²) in [5.41, 5.74) is 2.70. The Morgan fingerprint density at radius 2 is 1.88 bits per heavy atom. The van der Waals surface area contributed by atoms with Crippen molar-refractivity contribution in [2.75, 3.05) is 39.3 Å². The average molecular weight is 345 g/mol. The van der Waals surface area contributed by atoms with Crippen LogP contribution in [-0.4, -0.2) is 61.1 Å². The molecule has 2 aliphatic heterocycles. The predicted molar refractivity (Wildman–Crippen MR) is 99.8 cm³/mol. The van der Waals surface area contributed by atoms with Gasteiger partial charge in [-0.1, -0.05) is 26.0 Å². The number of amides is 1. The minimum absolute atomic E-state index is 0.147. The standard InChI is InChI=1S/C20H31N3O2/c1-15(2)16(3)21-20(24)14-23-9-7-22(8-10-23)13-17-4-5-19-18(12-17)6-11-25-19/h4-5,12,15-16H,6-11,13-14H2,1-3H3,(H,21,24)/t16-/m0/s1. The molecule has 1 atom stereocenters. The first kappa shape index (κ1) is 18.2. The molecule has 1 aromatic carbocycles. The normalized spacial score (nSPS) is 19.5. The molecule has 2 aliphatic rings. The van der Waals surface area contributed by atoms with Crippen molar-refractivity contribution < 1.29 is 9.53 Å². The van der Waals surface area contributed by atoms with Crippen LogP contribution in [0.25, 0.3) is 0 Å². The third-order valence-electron chi connectivity index (χ3n) is 5.38. The van der Waals surface area contributed by atoms with Gasteiger partial charge in [-0.2, -0.15) is 0 Å². The smallest absolute Gasteiger partial charge is 0.234 e. The van der Waals surface area contributed by atoms with Crippen LogP contribution >= 0.6 is 0 Å². The van der Waals surface area contributed by atoms with Crippen LogP contribution in [0.1, 0.15) is 31.9 Å². The number of fused-ring (bicyclic) bond motifs is 1. The molecule has 0 bridgehead atoms. The second kappa shape index (κ2) is 8.19. The number of carbonyl (C=O) groups excluding carboxylic acids is 1. The number of nitrogens with one attached hydrogen (secondary N) is 1. The third kappa shape index (κ3) is 4.95. The number of hydrogen-bond acceptors (Lipinski definition) is 4. The van der Waals surface area contributed by atoms with Gasteiger partial charge >= 0.3 is 0 Å². The maximum atomic E-state index is 12.1. The number of rotatable bonds is 6. The van der Waals surface area contributed by atoms with Gasteiger partial charge in [-0.3, -0.25) is 14.6 Å². The van der Waals surface area contributed by atoms with E-state index in [0.717, 1.165) is 51.5 Å². The van der Waals surface area contributed by atoms with E-state index < -0.39 is 0 Å². The van der Waals surface area contributed by atoms with Crippen molar-refractivity contribution in [3.8, 4) is 5.75 Å². The highest BCUT2D eigenvalue weighted by atomic mass is 16.5. The molecule has 0 radical (unpaired) electrons. The second-order valence-corrected chi connectivity index (χ2v) is 7.69. The molecule has 5 heteroatoms. The first-order valence-electron chi connectivity index (χ1n) is 9.50. The lowest BCUT2D eigenvalue weighted by Gasteiger charge is -2.34. The first-order valence-corrected chi connectivity index (χ1v) is 9.50. The highest BCUT2D eigenvalue weighted by Crippen LogP contribution is 2.26. The largest absolute Gasteiger partial charge is 0.493 e. The summed E-state index contributed by atoms with van der Waals surface area (Å²) >= 11 is 0. The van der Waals surface area contributed by atoms with Crippen LogP contribution in [0, 0.1) is 5.92 Å². The summed E-state index contributed by atoms with van der Waals surface area (Å²) in [6.45, 7) is 12.6. The summed E-state index contributed by atoms with van der Waals surface area (Å²) in [7, 11) is 0. The zero-order valence-corrected chi connectivity index (χ0v) is 15.8. The zero-order valence-electron chi connectivity index (χ0n) is 15.8. The summed E-state index contributed by atoms with van der Waals surface area (Å²) in [4.78, 5) is 16.9. The Balaban J connectivity index is 1.42. The van der Waals surface area contributed by atoms with Crippen molar-refractivity contribution in [3.63, 3.8) is 0 Å². The number of piperazine rings is 1. The number of hydrogen-bond donors (Lipinski definition) is 1. The van der Waals surface area contributed by atoms with Gasteiger partial charge in [-0.05, 0) is 30.0 Å². The number of carbonyl (C=O) groups is 1. The van der Waals surface area contributed by atoms with Gasteiger partial charge < -0.3 is 10.1 Å². The van der Waals surface area contributed by atoms with E-state index >= 15 is 0 Å². The summed E-state index contributed by atoms with van der Waals surface area (Å²) in [6, 6.07) is 6.80. The van der Waals surface area contributed by atoms with Crippen LogP contribution in [0.4, 0.5) is 0 Å². The van der Waals surface area contributed by atoms with Gasteiger partial charge in [0.05, 0.1) is 13.2 Å². The van der Waals surface area contributed by atoms with Gasteiger partial charge in [0.15, 0.2) is 0 Å². The molecule has 0 unspecified atom stereocenters. The Hall–Kier alpha value is -1.59. The van der Waals surface area contributed by atoms with Crippen LogP contribution in [-0.2, 0) is 17.8 Å². The monoisotopic (exact) mass is 345 g/mol. The highest BCUT2D eigenvalue weighted by molar-refractivity contribution is 5.78. The fraction of sp³-hybridized carbons (Fsp3) is 0.650. The number of benzene rings is 1. The van der Waals surface area contributed by atoms with E-state index in [1.807, 2.05) is 0 Å². The van der Waals surface area contributed by atoms with E-state index in [4.69, 9.17) is 4.74 Å². The predicted octanol–water partition coefficient (Wildman–Crippen LogP) is 1.90. The lowest BCUT2D eigenvalue weighted by atomic mass is 10.1. The fourth-order valence-electron chi connectivity index (χ4n) is 3.37. The molecular weight excluding hydrogens is 314 g/mol. The summed E-state index contributed by atoms with van der Waals surface area (Å²) in [6.07, 6.45) is 1.03. The third-order valence-corrected chi connectivity index (χ3v) is 5.38. The van der Waals surface area contributed by atoms with E-state index in [1.54, 1.807) is 0 Å². The topological polar surface area (TPSA) is 44.8 Å². The fourth-order valence-corrected chi connectivity index (χ4v) is 3.37. The van der Waals surface area contributed by atoms with Crippen LogP contribution in [0.2, 0.25) is 0 Å². The maximum Gasteiger partial charge on any atom is 0.234 e. The lowest BCUT2D eigenvalue weighted by Crippen LogP contribution is -2.50. The SMILES string of the molecule is CC(C)[C@H](C)NC(=O)CN1CCN(Cc2ccc3c(c2)CCO3)CC1. The van der Waals surface area contributed by atoms with Gasteiger partial charge in [0.1, 0.15) is 5.75 Å². The van der Waals surface area contributed by atoms with Crippen molar-refractivity contribution in [2.45, 2.75) is 39.8 Å². The molecule has 1 fully saturated rings. The van der Waals surface area contributed by atoms with Crippen molar-refractivity contribution in [1.29, 1.82) is 0 Å². The quantitative estimate of drug-likeness (QED) is 0.855. The molecule has 3 rings (SSSR count). The molecule has 0 saturated carbocycles. The molecule has 1 N–H and O–H groups in total. The molecule has 25 heavy (non-hydrogen) atoms. The summed E-state index contributed by atoms with van der Waals surface area (Å²) in [5, 5.41) is 3.10. The van der Waals surface area contributed by atoms with Crippen molar-refractivity contribution in [2.24, 2.45) is 5.92 Å². The highest BCUT2D eigenvalue weighted by Gasteiger charge is 2.21. The van der Waals surface area contributed by atoms with E-state index in [9.17, 15) is 4.79 Å². The van der Waals surface area contributed by atoms with Crippen LogP contribution in [0.15, 0.2) is 18.2 Å². The van der Waals surface area contributed by atoms with E-state index in [1.165, 1.54) is 11.1 Å². The molecule has 0 aromatic heterocycles. The molecule has 138 valence electrons. The van der Waals surface area contributed by atoms with Gasteiger partial charge in [0.2, 0.25) is 5.91 Å². The van der Waals surface area contributed by atoms with E-state index in [-0.39, 0.29) is 11.9 Å². The summed E-state index contributed by atoms with van der Waals surface area (Å²) in [5.74, 6) is 1.67. The van der Waals surface area contributed by atoms with E-state index in [2.05, 4.69) is 54.1 Å². The Labute approximate surface area is 151 Å². The molecular formula is C20H31N3O2. The Morgan fingerprint density at radius 1 is 1.16 bits per heavy atom. The number of nitrogens with zero attached hydrogens (tertiary/aromatic N) is 2. The molecule has 1 aromatic rings. The van der Waals surface area contributed by atoms with Crippen molar-refractivity contribution in [1.82, 2.24) is 15.1 Å². The Bertz CT molecular complexity index is 595. The molecule has 1 amide bonds. The zero-order chi connectivity index (χ0) is 17.8. The van der Waals surface area contributed by atoms with Gasteiger partial charge in [0, 0.05) is 45.2 Å². The van der Waals surface area contributed by atoms with Crippen LogP contribution in [0.5, 0.6) is 5.75 Å². The second-order valence-electron chi connectivity index (χ2n) is 7.69. The van der Waals surface area contributed by atoms with Crippen molar-refractivity contribution in [3.05, 3.63) is 29.3 Å². The van der Waals surface area contributed by atoms with Crippen molar-refractivity contribution >= 4 is 5.91 Å². The van der Waals surface area contributed by atoms with Gasteiger partial charge in [-0.15, -0.1) is 0 Å². The summed E-state index contributed by atoms with van der Waals surface area (Å²) < 4.78 is 5.58. The molecule has 5 nitrogen and oxygen atoms in total. The van der Waals surface area contributed by atoms with Crippen LogP contribution in [0.3, 0.4) is 0 Å². The molecule has 2 heterocycles. The molecule has 1 saturated heterocycles. The lowest BCUT2D eigenvalue weighted by molar-refractivity contribution is -0.123. The Morgan fingerprint density at radius 3 is 2.60 bits per heavy atom. The Kier molecular flexibility index (Phi) is 5.97. The maximum absolute atomic E-state index is 12.1. The average Bonchev–Trinajstić information content (AvgIpc) is 3.04.